The van der Waals surface area contributed by atoms with E-state index < -0.39 is 27.9 Å². The summed E-state index contributed by atoms with van der Waals surface area (Å²) in [5, 5.41) is 9.10. The Morgan fingerprint density at radius 3 is 2.14 bits per heavy atom. The van der Waals surface area contributed by atoms with E-state index in [4.69, 9.17) is 5.11 Å². The van der Waals surface area contributed by atoms with Gasteiger partial charge in [0.25, 0.3) is 0 Å². The molecule has 1 aromatic carbocycles. The van der Waals surface area contributed by atoms with E-state index in [9.17, 15) is 17.6 Å². The highest BCUT2D eigenvalue weighted by atomic mass is 32.2. The number of carboxylic acid groups (broad SMARTS) is 1. The number of aryl methyl sites for hydroxylation is 2. The molecular weight excluding hydrogens is 297 g/mol. The summed E-state index contributed by atoms with van der Waals surface area (Å²) in [5.74, 6) is -1.68. The van der Waals surface area contributed by atoms with Crippen LogP contribution in [-0.4, -0.2) is 25.5 Å². The van der Waals surface area contributed by atoms with Gasteiger partial charge in [-0.25, -0.2) is 12.8 Å². The number of benzene rings is 1. The van der Waals surface area contributed by atoms with E-state index in [1.54, 1.807) is 13.8 Å². The molecule has 0 saturated carbocycles. The van der Waals surface area contributed by atoms with Crippen LogP contribution in [0.1, 0.15) is 31.4 Å². The molecule has 0 bridgehead atoms. The summed E-state index contributed by atoms with van der Waals surface area (Å²) < 4.78 is 40.2. The van der Waals surface area contributed by atoms with E-state index >= 15 is 0 Å². The second kappa shape index (κ2) is 6.53. The van der Waals surface area contributed by atoms with Gasteiger partial charge in [0.05, 0.1) is 4.90 Å². The van der Waals surface area contributed by atoms with Crippen LogP contribution in [0.15, 0.2) is 17.0 Å². The van der Waals surface area contributed by atoms with Crippen molar-refractivity contribution in [3.8, 4) is 0 Å². The molecule has 0 saturated heterocycles. The molecular formula is C14H20FNO4S. The molecule has 1 atom stereocenters. The van der Waals surface area contributed by atoms with Crippen molar-refractivity contribution < 1.29 is 22.7 Å². The van der Waals surface area contributed by atoms with Crippen molar-refractivity contribution in [3.05, 3.63) is 29.1 Å². The Labute approximate surface area is 124 Å². The van der Waals surface area contributed by atoms with Gasteiger partial charge >= 0.3 is 5.97 Å². The molecule has 0 aliphatic carbocycles. The molecule has 0 aliphatic heterocycles. The monoisotopic (exact) mass is 317 g/mol. The zero-order valence-corrected chi connectivity index (χ0v) is 13.3. The van der Waals surface area contributed by atoms with Crippen LogP contribution >= 0.6 is 0 Å². The fourth-order valence-electron chi connectivity index (χ4n) is 1.99. The molecule has 0 aliphatic rings. The maximum absolute atomic E-state index is 13.6. The molecule has 0 spiro atoms. The van der Waals surface area contributed by atoms with Crippen molar-refractivity contribution in [2.45, 2.75) is 45.1 Å². The molecule has 118 valence electrons. The second-order valence-electron chi connectivity index (χ2n) is 5.51. The summed E-state index contributed by atoms with van der Waals surface area (Å²) in [6.07, 6.45) is 0.174. The van der Waals surface area contributed by atoms with Crippen molar-refractivity contribution in [1.29, 1.82) is 0 Å². The normalized spacial score (nSPS) is 13.4. The highest BCUT2D eigenvalue weighted by molar-refractivity contribution is 7.89. The molecule has 1 aromatic rings. The minimum absolute atomic E-state index is 0.0190. The van der Waals surface area contributed by atoms with Gasteiger partial charge in [0.1, 0.15) is 11.9 Å². The van der Waals surface area contributed by atoms with Crippen molar-refractivity contribution in [2.75, 3.05) is 0 Å². The molecule has 0 aromatic heterocycles. The summed E-state index contributed by atoms with van der Waals surface area (Å²) >= 11 is 0. The van der Waals surface area contributed by atoms with Gasteiger partial charge in [0.15, 0.2) is 0 Å². The second-order valence-corrected chi connectivity index (χ2v) is 7.23. The number of aliphatic carboxylic acids is 1. The first-order valence-electron chi connectivity index (χ1n) is 6.56. The number of carboxylic acids is 1. The van der Waals surface area contributed by atoms with Crippen LogP contribution in [0.25, 0.3) is 0 Å². The van der Waals surface area contributed by atoms with E-state index in [-0.39, 0.29) is 28.4 Å². The summed E-state index contributed by atoms with van der Waals surface area (Å²) in [7, 11) is -4.01. The number of carbonyl (C=O) groups is 1. The lowest BCUT2D eigenvalue weighted by molar-refractivity contribution is -0.139. The molecule has 2 N–H and O–H groups in total. The zero-order valence-electron chi connectivity index (χ0n) is 12.5. The largest absolute Gasteiger partial charge is 0.480 e. The van der Waals surface area contributed by atoms with E-state index in [2.05, 4.69) is 4.72 Å². The van der Waals surface area contributed by atoms with E-state index in [1.165, 1.54) is 26.0 Å². The van der Waals surface area contributed by atoms with Crippen LogP contribution < -0.4 is 4.72 Å². The van der Waals surface area contributed by atoms with Crippen LogP contribution in [0.5, 0.6) is 0 Å². The molecule has 7 heteroatoms. The number of hydrogen-bond acceptors (Lipinski definition) is 3. The average Bonchev–Trinajstić information content (AvgIpc) is 2.33. The van der Waals surface area contributed by atoms with Gasteiger partial charge in [-0.05, 0) is 49.4 Å². The molecule has 0 radical (unpaired) electrons. The van der Waals surface area contributed by atoms with E-state index in [1.807, 2.05) is 0 Å². The van der Waals surface area contributed by atoms with Gasteiger partial charge in [0, 0.05) is 0 Å². The lowest BCUT2D eigenvalue weighted by Crippen LogP contribution is -2.41. The topological polar surface area (TPSA) is 83.5 Å². The maximum atomic E-state index is 13.6. The van der Waals surface area contributed by atoms with Crippen LogP contribution in [0.4, 0.5) is 4.39 Å². The fraction of sp³-hybridized carbons (Fsp3) is 0.500. The van der Waals surface area contributed by atoms with Gasteiger partial charge in [-0.2, -0.15) is 4.72 Å². The minimum Gasteiger partial charge on any atom is -0.480 e. The molecule has 0 heterocycles. The standard InChI is InChI=1S/C14H20FNO4S/c1-8(2)5-12(14(17)18)16-21(19,20)11-6-9(3)13(15)10(4)7-11/h6-8,12,16H,5H2,1-4H3,(H,17,18). The van der Waals surface area contributed by atoms with Crippen LogP contribution in [-0.2, 0) is 14.8 Å². The lowest BCUT2D eigenvalue weighted by atomic mass is 10.1. The quantitative estimate of drug-likeness (QED) is 0.842. The number of rotatable bonds is 6. The van der Waals surface area contributed by atoms with Crippen LogP contribution in [0.3, 0.4) is 0 Å². The Balaban J connectivity index is 3.13. The van der Waals surface area contributed by atoms with E-state index in [0.717, 1.165) is 0 Å². The Bertz CT molecular complexity index is 617. The van der Waals surface area contributed by atoms with Crippen LogP contribution in [0.2, 0.25) is 0 Å². The SMILES string of the molecule is Cc1cc(S(=O)(=O)NC(CC(C)C)C(=O)O)cc(C)c1F. The third-order valence-corrected chi connectivity index (χ3v) is 4.47. The maximum Gasteiger partial charge on any atom is 0.321 e. The Hall–Kier alpha value is -1.47. The van der Waals surface area contributed by atoms with Crippen LogP contribution in [0, 0.1) is 25.6 Å². The molecule has 0 amide bonds. The van der Waals surface area contributed by atoms with Crippen molar-refractivity contribution in [1.82, 2.24) is 4.72 Å². The van der Waals surface area contributed by atoms with Gasteiger partial charge in [-0.15, -0.1) is 0 Å². The Kier molecular flexibility index (Phi) is 5.47. The zero-order chi connectivity index (χ0) is 16.4. The third kappa shape index (κ3) is 4.50. The molecule has 0 fully saturated rings. The number of sulfonamides is 1. The summed E-state index contributed by atoms with van der Waals surface area (Å²) in [6, 6.07) is 1.18. The lowest BCUT2D eigenvalue weighted by Gasteiger charge is -2.17. The van der Waals surface area contributed by atoms with Gasteiger partial charge < -0.3 is 5.11 Å². The summed E-state index contributed by atoms with van der Waals surface area (Å²) in [4.78, 5) is 11.0. The van der Waals surface area contributed by atoms with Crippen molar-refractivity contribution >= 4 is 16.0 Å². The number of halogens is 1. The predicted octanol–water partition coefficient (Wildman–Crippen LogP) is 2.22. The highest BCUT2D eigenvalue weighted by Crippen LogP contribution is 2.19. The number of nitrogens with one attached hydrogen (secondary N) is 1. The molecule has 5 nitrogen and oxygen atoms in total. The van der Waals surface area contributed by atoms with Crippen molar-refractivity contribution in [3.63, 3.8) is 0 Å². The van der Waals surface area contributed by atoms with E-state index in [0.29, 0.717) is 0 Å². The first kappa shape index (κ1) is 17.6. The molecule has 1 unspecified atom stereocenters. The first-order chi connectivity index (χ1) is 9.54. The minimum atomic E-state index is -4.01. The molecule has 21 heavy (non-hydrogen) atoms. The summed E-state index contributed by atoms with van der Waals surface area (Å²) in [5.41, 5.74) is 0.400. The average molecular weight is 317 g/mol. The Morgan fingerprint density at radius 1 is 1.29 bits per heavy atom. The highest BCUT2D eigenvalue weighted by Gasteiger charge is 2.26. The smallest absolute Gasteiger partial charge is 0.321 e. The van der Waals surface area contributed by atoms with Gasteiger partial charge in [0.2, 0.25) is 10.0 Å². The Morgan fingerprint density at radius 2 is 1.76 bits per heavy atom. The molecule has 1 rings (SSSR count). The first-order valence-corrected chi connectivity index (χ1v) is 8.04. The van der Waals surface area contributed by atoms with Gasteiger partial charge in [-0.3, -0.25) is 4.79 Å². The number of hydrogen-bond donors (Lipinski definition) is 2. The fourth-order valence-corrected chi connectivity index (χ4v) is 3.36. The van der Waals surface area contributed by atoms with Crippen molar-refractivity contribution in [2.24, 2.45) is 5.92 Å². The van der Waals surface area contributed by atoms with Gasteiger partial charge in [-0.1, -0.05) is 13.8 Å². The predicted molar refractivity (Wildman–Crippen MR) is 77.1 cm³/mol. The third-order valence-electron chi connectivity index (χ3n) is 3.02. The summed E-state index contributed by atoms with van der Waals surface area (Å²) in [6.45, 7) is 6.53.